The van der Waals surface area contributed by atoms with Gasteiger partial charge in [0.2, 0.25) is 0 Å². The van der Waals surface area contributed by atoms with E-state index in [1.165, 1.54) is 119 Å². The Bertz CT molecular complexity index is 3800. The van der Waals surface area contributed by atoms with Crippen LogP contribution in [0.15, 0.2) is 194 Å². The summed E-state index contributed by atoms with van der Waals surface area (Å²) in [5.74, 6) is 0. The molecule has 0 atom stereocenters. The summed E-state index contributed by atoms with van der Waals surface area (Å²) < 4.78 is 7.65. The van der Waals surface area contributed by atoms with Crippen LogP contribution in [0.4, 0.5) is 0 Å². The molecule has 0 saturated carbocycles. The molecule has 0 aliphatic heterocycles. The van der Waals surface area contributed by atoms with Gasteiger partial charge in [-0.1, -0.05) is 152 Å². The molecule has 13 rings (SSSR count). The van der Waals surface area contributed by atoms with Crippen LogP contribution >= 0.6 is 11.3 Å². The van der Waals surface area contributed by atoms with Crippen molar-refractivity contribution in [2.24, 2.45) is 0 Å². The Morgan fingerprint density at radius 2 is 0.982 bits per heavy atom. The molecule has 0 fully saturated rings. The minimum atomic E-state index is 1.17. The minimum Gasteiger partial charge on any atom is -0.309 e. The first kappa shape index (κ1) is 31.1. The molecule has 2 nitrogen and oxygen atoms in total. The molecule has 57 heavy (non-hydrogen) atoms. The van der Waals surface area contributed by atoms with Gasteiger partial charge < -0.3 is 9.13 Å². The Kier molecular flexibility index (Phi) is 6.35. The number of hydrogen-bond acceptors (Lipinski definition) is 1. The summed E-state index contributed by atoms with van der Waals surface area (Å²) in [7, 11) is 0. The second-order valence-corrected chi connectivity index (χ2v) is 16.3. The molecule has 0 aliphatic carbocycles. The average molecular weight is 741 g/mol. The van der Waals surface area contributed by atoms with E-state index in [0.717, 1.165) is 0 Å². The smallest absolute Gasteiger partial charge is 0.0634 e. The molecule has 0 spiro atoms. The van der Waals surface area contributed by atoms with Crippen molar-refractivity contribution in [3.8, 4) is 22.5 Å². The van der Waals surface area contributed by atoms with Gasteiger partial charge in [0.15, 0.2) is 0 Å². The number of thiophene rings is 1. The van der Waals surface area contributed by atoms with Crippen LogP contribution in [0.3, 0.4) is 0 Å². The summed E-state index contributed by atoms with van der Waals surface area (Å²) in [6, 6.07) is 71.7. The number of fused-ring (bicyclic) bond motifs is 16. The number of para-hydroxylation sites is 2. The Morgan fingerprint density at radius 1 is 0.333 bits per heavy atom. The molecular weight excluding hydrogens is 709 g/mol. The van der Waals surface area contributed by atoms with Crippen molar-refractivity contribution < 1.29 is 0 Å². The van der Waals surface area contributed by atoms with E-state index in [-0.39, 0.29) is 0 Å². The third kappa shape index (κ3) is 4.29. The molecular formula is C54H32N2S. The molecule has 0 saturated heterocycles. The third-order valence-corrected chi connectivity index (χ3v) is 13.4. The van der Waals surface area contributed by atoms with Crippen LogP contribution < -0.4 is 0 Å². The van der Waals surface area contributed by atoms with E-state index in [2.05, 4.69) is 203 Å². The highest BCUT2D eigenvalue weighted by atomic mass is 32.1. The van der Waals surface area contributed by atoms with Gasteiger partial charge in [0, 0.05) is 63.6 Å². The van der Waals surface area contributed by atoms with Crippen molar-refractivity contribution in [2.75, 3.05) is 0 Å². The topological polar surface area (TPSA) is 9.86 Å². The van der Waals surface area contributed by atoms with Crippen LogP contribution in [-0.2, 0) is 0 Å². The van der Waals surface area contributed by atoms with E-state index < -0.39 is 0 Å². The fourth-order valence-corrected chi connectivity index (χ4v) is 11.1. The van der Waals surface area contributed by atoms with E-state index in [0.29, 0.717) is 0 Å². The van der Waals surface area contributed by atoms with E-state index in [9.17, 15) is 0 Å². The molecule has 0 bridgehead atoms. The van der Waals surface area contributed by atoms with Crippen LogP contribution in [0, 0.1) is 0 Å². The lowest BCUT2D eigenvalue weighted by Crippen LogP contribution is -1.96. The molecule has 0 aliphatic rings. The van der Waals surface area contributed by atoms with Crippen molar-refractivity contribution in [3.63, 3.8) is 0 Å². The average Bonchev–Trinajstić information content (AvgIpc) is 3.93. The zero-order valence-corrected chi connectivity index (χ0v) is 31.6. The number of nitrogens with zero attached hydrogens (tertiary/aromatic N) is 2. The van der Waals surface area contributed by atoms with E-state index >= 15 is 0 Å². The van der Waals surface area contributed by atoms with Gasteiger partial charge in [-0.25, -0.2) is 0 Å². The van der Waals surface area contributed by atoms with Gasteiger partial charge in [-0.15, -0.1) is 11.3 Å². The van der Waals surface area contributed by atoms with Gasteiger partial charge in [-0.2, -0.15) is 0 Å². The van der Waals surface area contributed by atoms with Crippen LogP contribution in [0.1, 0.15) is 0 Å². The van der Waals surface area contributed by atoms with Gasteiger partial charge in [0.25, 0.3) is 0 Å². The molecule has 3 aromatic heterocycles. The highest BCUT2D eigenvalue weighted by Crippen LogP contribution is 2.51. The highest BCUT2D eigenvalue weighted by molar-refractivity contribution is 7.27. The first-order chi connectivity index (χ1) is 28.3. The van der Waals surface area contributed by atoms with Gasteiger partial charge in [-0.05, 0) is 69.8 Å². The Labute approximate surface area is 331 Å². The third-order valence-electron chi connectivity index (χ3n) is 12.2. The lowest BCUT2D eigenvalue weighted by molar-refractivity contribution is 1.18. The molecule has 13 aromatic rings. The molecule has 0 radical (unpaired) electrons. The van der Waals surface area contributed by atoms with Crippen LogP contribution in [0.2, 0.25) is 0 Å². The van der Waals surface area contributed by atoms with Crippen LogP contribution in [0.5, 0.6) is 0 Å². The number of aromatic nitrogens is 2. The quantitative estimate of drug-likeness (QED) is 0.160. The fraction of sp³-hybridized carbons (Fsp3) is 0. The van der Waals surface area contributed by atoms with Gasteiger partial charge in [-0.3, -0.25) is 0 Å². The van der Waals surface area contributed by atoms with Gasteiger partial charge >= 0.3 is 0 Å². The summed E-state index contributed by atoms with van der Waals surface area (Å²) in [6.45, 7) is 0. The van der Waals surface area contributed by atoms with Crippen LogP contribution in [0.25, 0.3) is 119 Å². The van der Waals surface area contributed by atoms with Crippen molar-refractivity contribution in [1.29, 1.82) is 0 Å². The minimum absolute atomic E-state index is 1.17. The number of hydrogen-bond donors (Lipinski definition) is 0. The highest BCUT2D eigenvalue weighted by Gasteiger charge is 2.25. The van der Waals surface area contributed by atoms with Crippen molar-refractivity contribution in [3.05, 3.63) is 194 Å². The van der Waals surface area contributed by atoms with Crippen molar-refractivity contribution in [1.82, 2.24) is 9.13 Å². The molecule has 3 heterocycles. The first-order valence-corrected chi connectivity index (χ1v) is 20.4. The maximum Gasteiger partial charge on any atom is 0.0634 e. The SMILES string of the molecule is c1ccc(-c2cccc(-n3c4ccccc4c4cc5c(cc43)sc3c5c4c5ccccc5ccc4c4c3c3ccccc3n4-c3cccc4ccccc34)c2)cc1. The second kappa shape index (κ2) is 11.7. The largest absolute Gasteiger partial charge is 0.309 e. The lowest BCUT2D eigenvalue weighted by Gasteiger charge is -2.14. The standard InChI is InChI=1S/C54H32N2S/c1-2-14-33(15-3-1)36-19-12-20-37(30-36)55-46-25-10-8-23-40(46)43-31-44-49(32-48(43)55)57-54-51(44)50-39-22-7-5-17-35(39)28-29-42(50)53-52(54)41-24-9-11-26-47(41)56(53)45-27-13-18-34-16-4-6-21-38(34)45/h1-32H. The van der Waals surface area contributed by atoms with Crippen LogP contribution in [-0.4, -0.2) is 9.13 Å². The second-order valence-electron chi connectivity index (χ2n) is 15.2. The van der Waals surface area contributed by atoms with E-state index in [1.807, 2.05) is 11.3 Å². The first-order valence-electron chi connectivity index (χ1n) is 19.6. The Hall–Kier alpha value is -7.20. The van der Waals surface area contributed by atoms with Gasteiger partial charge in [0.05, 0.1) is 27.8 Å². The summed E-state index contributed by atoms with van der Waals surface area (Å²) in [6.07, 6.45) is 0. The summed E-state index contributed by atoms with van der Waals surface area (Å²) in [5.41, 5.74) is 9.75. The molecule has 0 amide bonds. The number of rotatable bonds is 3. The zero-order valence-electron chi connectivity index (χ0n) is 30.8. The Balaban J connectivity index is 1.22. The molecule has 0 unspecified atom stereocenters. The molecule has 0 N–H and O–H groups in total. The normalized spacial score (nSPS) is 12.2. The zero-order chi connectivity index (χ0) is 37.2. The van der Waals surface area contributed by atoms with E-state index in [4.69, 9.17) is 0 Å². The monoisotopic (exact) mass is 740 g/mol. The maximum atomic E-state index is 2.55. The predicted octanol–water partition coefficient (Wildman–Crippen LogP) is 15.4. The molecule has 264 valence electrons. The summed E-state index contributed by atoms with van der Waals surface area (Å²) in [5, 5.41) is 15.4. The summed E-state index contributed by atoms with van der Waals surface area (Å²) >= 11 is 1.94. The summed E-state index contributed by atoms with van der Waals surface area (Å²) in [4.78, 5) is 0. The fourth-order valence-electron chi connectivity index (χ4n) is 9.83. The molecule has 3 heteroatoms. The molecule has 10 aromatic carbocycles. The van der Waals surface area contributed by atoms with Gasteiger partial charge in [0.1, 0.15) is 0 Å². The predicted molar refractivity (Wildman–Crippen MR) is 246 cm³/mol. The Morgan fingerprint density at radius 3 is 1.82 bits per heavy atom. The maximum absolute atomic E-state index is 2.55. The van der Waals surface area contributed by atoms with E-state index in [1.54, 1.807) is 0 Å². The number of benzene rings is 10. The van der Waals surface area contributed by atoms with Crippen molar-refractivity contribution >= 4 is 107 Å². The lowest BCUT2D eigenvalue weighted by atomic mass is 9.94. The van der Waals surface area contributed by atoms with Crippen molar-refractivity contribution in [2.45, 2.75) is 0 Å².